The molecule has 0 spiro atoms. The average Bonchev–Trinajstić information content (AvgIpc) is 2.85. The summed E-state index contributed by atoms with van der Waals surface area (Å²) in [5.41, 5.74) is 1.95. The third kappa shape index (κ3) is 3.31. The van der Waals surface area contributed by atoms with Crippen LogP contribution in [0.25, 0.3) is 11.3 Å². The van der Waals surface area contributed by atoms with Gasteiger partial charge in [-0.3, -0.25) is 4.79 Å². The van der Waals surface area contributed by atoms with Crippen molar-refractivity contribution in [1.29, 1.82) is 0 Å². The Labute approximate surface area is 115 Å². The van der Waals surface area contributed by atoms with E-state index in [0.717, 1.165) is 16.3 Å². The maximum atomic E-state index is 11.2. The van der Waals surface area contributed by atoms with Gasteiger partial charge in [-0.25, -0.2) is 4.98 Å². The summed E-state index contributed by atoms with van der Waals surface area (Å²) < 4.78 is 0. The monoisotopic (exact) mass is 280 g/mol. The summed E-state index contributed by atoms with van der Waals surface area (Å²) in [5.74, 6) is 0.0400. The first kappa shape index (κ1) is 13.1. The maximum Gasteiger partial charge on any atom is 0.220 e. The molecule has 1 aromatic heterocycles. The minimum absolute atomic E-state index is 0.0400. The Hall–Kier alpha value is -1.39. The van der Waals surface area contributed by atoms with Crippen LogP contribution < -0.4 is 5.32 Å². The number of halogens is 1. The van der Waals surface area contributed by atoms with Crippen molar-refractivity contribution in [2.75, 3.05) is 0 Å². The van der Waals surface area contributed by atoms with Gasteiger partial charge in [0.05, 0.1) is 12.2 Å². The second kappa shape index (κ2) is 5.98. The summed E-state index contributed by atoms with van der Waals surface area (Å²) in [4.78, 5) is 15.6. The zero-order valence-electron chi connectivity index (χ0n) is 9.94. The van der Waals surface area contributed by atoms with Gasteiger partial charge in [-0.1, -0.05) is 30.7 Å². The molecule has 5 heteroatoms. The number of thiazole rings is 1. The lowest BCUT2D eigenvalue weighted by Gasteiger charge is -1.99. The highest BCUT2D eigenvalue weighted by molar-refractivity contribution is 7.09. The Bertz CT molecular complexity index is 536. The van der Waals surface area contributed by atoms with Crippen LogP contribution in [0, 0.1) is 0 Å². The molecule has 1 amide bonds. The number of rotatable bonds is 4. The third-order valence-electron chi connectivity index (χ3n) is 2.45. The number of amides is 1. The summed E-state index contributed by atoms with van der Waals surface area (Å²) >= 11 is 7.38. The molecule has 0 aliphatic rings. The Morgan fingerprint density at radius 1 is 1.39 bits per heavy atom. The van der Waals surface area contributed by atoms with Gasteiger partial charge in [0.25, 0.3) is 0 Å². The van der Waals surface area contributed by atoms with Crippen LogP contribution in [0.1, 0.15) is 18.4 Å². The van der Waals surface area contributed by atoms with Crippen molar-refractivity contribution < 1.29 is 4.79 Å². The zero-order chi connectivity index (χ0) is 13.0. The molecule has 0 unspecified atom stereocenters. The molecule has 0 fully saturated rings. The lowest BCUT2D eigenvalue weighted by Crippen LogP contribution is -2.21. The Kier molecular flexibility index (Phi) is 4.33. The van der Waals surface area contributed by atoms with E-state index in [0.29, 0.717) is 18.0 Å². The highest BCUT2D eigenvalue weighted by Gasteiger charge is 2.05. The number of benzene rings is 1. The van der Waals surface area contributed by atoms with Crippen LogP contribution in [0.5, 0.6) is 0 Å². The van der Waals surface area contributed by atoms with E-state index in [1.54, 1.807) is 11.3 Å². The molecular formula is C13H13ClN2OS. The number of nitrogens with zero attached hydrogens (tertiary/aromatic N) is 1. The van der Waals surface area contributed by atoms with Gasteiger partial charge in [0, 0.05) is 22.4 Å². The largest absolute Gasteiger partial charge is 0.350 e. The Balaban J connectivity index is 2.06. The minimum Gasteiger partial charge on any atom is -0.350 e. The lowest BCUT2D eigenvalue weighted by molar-refractivity contribution is -0.120. The van der Waals surface area contributed by atoms with Crippen LogP contribution >= 0.6 is 22.9 Å². The van der Waals surface area contributed by atoms with Crippen LogP contribution in [0.4, 0.5) is 0 Å². The molecule has 1 heterocycles. The number of hydrogen-bond acceptors (Lipinski definition) is 3. The maximum absolute atomic E-state index is 11.2. The molecule has 0 bridgehead atoms. The van der Waals surface area contributed by atoms with Crippen molar-refractivity contribution in [2.24, 2.45) is 0 Å². The Morgan fingerprint density at radius 2 is 2.11 bits per heavy atom. The first-order valence-corrected chi connectivity index (χ1v) is 6.92. The molecule has 18 heavy (non-hydrogen) atoms. The highest BCUT2D eigenvalue weighted by Crippen LogP contribution is 2.23. The van der Waals surface area contributed by atoms with E-state index < -0.39 is 0 Å². The number of aromatic nitrogens is 1. The summed E-state index contributed by atoms with van der Waals surface area (Å²) in [5, 5.41) is 6.41. The fraction of sp³-hybridized carbons (Fsp3) is 0.231. The number of nitrogens with one attached hydrogen (secondary N) is 1. The van der Waals surface area contributed by atoms with Gasteiger partial charge in [-0.15, -0.1) is 11.3 Å². The van der Waals surface area contributed by atoms with Gasteiger partial charge in [0.1, 0.15) is 5.01 Å². The van der Waals surface area contributed by atoms with E-state index in [2.05, 4.69) is 10.3 Å². The first-order chi connectivity index (χ1) is 8.69. The predicted octanol–water partition coefficient (Wildman–Crippen LogP) is 3.49. The van der Waals surface area contributed by atoms with Crippen LogP contribution in [-0.2, 0) is 11.3 Å². The van der Waals surface area contributed by atoms with E-state index >= 15 is 0 Å². The van der Waals surface area contributed by atoms with Crippen LogP contribution in [0.3, 0.4) is 0 Å². The van der Waals surface area contributed by atoms with E-state index in [1.807, 2.05) is 36.6 Å². The molecule has 2 rings (SSSR count). The minimum atomic E-state index is 0.0400. The zero-order valence-corrected chi connectivity index (χ0v) is 11.5. The van der Waals surface area contributed by atoms with E-state index in [-0.39, 0.29) is 5.91 Å². The van der Waals surface area contributed by atoms with Crippen molar-refractivity contribution in [2.45, 2.75) is 19.9 Å². The smallest absolute Gasteiger partial charge is 0.220 e. The second-order valence-corrected chi connectivity index (χ2v) is 5.14. The van der Waals surface area contributed by atoms with Crippen molar-refractivity contribution >= 4 is 28.8 Å². The second-order valence-electron chi connectivity index (χ2n) is 3.76. The van der Waals surface area contributed by atoms with Crippen LogP contribution in [0.15, 0.2) is 29.6 Å². The van der Waals surface area contributed by atoms with Gasteiger partial charge < -0.3 is 5.32 Å². The van der Waals surface area contributed by atoms with Gasteiger partial charge in [0.2, 0.25) is 5.91 Å². The summed E-state index contributed by atoms with van der Waals surface area (Å²) in [6.45, 7) is 2.32. The Morgan fingerprint density at radius 3 is 2.78 bits per heavy atom. The molecule has 1 aromatic carbocycles. The normalized spacial score (nSPS) is 10.3. The van der Waals surface area contributed by atoms with Gasteiger partial charge in [-0.2, -0.15) is 0 Å². The number of carbonyl (C=O) groups is 1. The van der Waals surface area contributed by atoms with Gasteiger partial charge in [0.15, 0.2) is 0 Å². The molecular weight excluding hydrogens is 268 g/mol. The van der Waals surface area contributed by atoms with E-state index in [1.165, 1.54) is 0 Å². The number of carbonyl (C=O) groups excluding carboxylic acids is 1. The van der Waals surface area contributed by atoms with Crippen LogP contribution in [0.2, 0.25) is 5.02 Å². The van der Waals surface area contributed by atoms with Crippen molar-refractivity contribution in [3.8, 4) is 11.3 Å². The summed E-state index contributed by atoms with van der Waals surface area (Å²) in [7, 11) is 0. The highest BCUT2D eigenvalue weighted by atomic mass is 35.5. The molecule has 0 saturated heterocycles. The van der Waals surface area contributed by atoms with Crippen molar-refractivity contribution in [1.82, 2.24) is 10.3 Å². The molecule has 94 valence electrons. The van der Waals surface area contributed by atoms with Crippen molar-refractivity contribution in [3.63, 3.8) is 0 Å². The first-order valence-electron chi connectivity index (χ1n) is 5.66. The summed E-state index contributed by atoms with van der Waals surface area (Å²) in [6.07, 6.45) is 0.495. The average molecular weight is 281 g/mol. The molecule has 2 aromatic rings. The standard InChI is InChI=1S/C13H13ClN2OS/c1-2-12(17)15-7-13-16-11(8-18-13)9-3-5-10(14)6-4-9/h3-6,8H,2,7H2,1H3,(H,15,17). The molecule has 0 atom stereocenters. The van der Waals surface area contributed by atoms with Crippen molar-refractivity contribution in [3.05, 3.63) is 39.7 Å². The molecule has 1 N–H and O–H groups in total. The van der Waals surface area contributed by atoms with E-state index in [4.69, 9.17) is 11.6 Å². The molecule has 0 aliphatic carbocycles. The van der Waals surface area contributed by atoms with Crippen LogP contribution in [-0.4, -0.2) is 10.9 Å². The molecule has 3 nitrogen and oxygen atoms in total. The lowest BCUT2D eigenvalue weighted by atomic mass is 10.2. The fourth-order valence-electron chi connectivity index (χ4n) is 1.44. The fourth-order valence-corrected chi connectivity index (χ4v) is 2.31. The third-order valence-corrected chi connectivity index (χ3v) is 3.55. The number of hydrogen-bond donors (Lipinski definition) is 1. The molecule has 0 aliphatic heterocycles. The predicted molar refractivity (Wildman–Crippen MR) is 74.7 cm³/mol. The quantitative estimate of drug-likeness (QED) is 0.931. The van der Waals surface area contributed by atoms with Gasteiger partial charge in [-0.05, 0) is 12.1 Å². The topological polar surface area (TPSA) is 42.0 Å². The SMILES string of the molecule is CCC(=O)NCc1nc(-c2ccc(Cl)cc2)cs1. The van der Waals surface area contributed by atoms with E-state index in [9.17, 15) is 4.79 Å². The molecule has 0 saturated carbocycles. The van der Waals surface area contributed by atoms with Gasteiger partial charge >= 0.3 is 0 Å². The summed E-state index contributed by atoms with van der Waals surface area (Å²) in [6, 6.07) is 7.56. The molecule has 0 radical (unpaired) electrons.